The number of ether oxygens (including phenoxy) is 1. The van der Waals surface area contributed by atoms with Crippen molar-refractivity contribution in [2.24, 2.45) is 0 Å². The second kappa shape index (κ2) is 16.2. The summed E-state index contributed by atoms with van der Waals surface area (Å²) in [6.45, 7) is 6.47. The molecule has 0 unspecified atom stereocenters. The van der Waals surface area contributed by atoms with Crippen LogP contribution in [0.4, 0.5) is 29.3 Å². The molecule has 5 nitrogen and oxygen atoms in total. The molecule has 0 saturated carbocycles. The van der Waals surface area contributed by atoms with Gasteiger partial charge in [-0.05, 0) is 36.6 Å². The maximum Gasteiger partial charge on any atom is 0.323 e. The topological polar surface area (TPSA) is 66.2 Å². The van der Waals surface area contributed by atoms with Crippen molar-refractivity contribution in [1.29, 1.82) is 0 Å². The predicted molar refractivity (Wildman–Crippen MR) is 138 cm³/mol. The third kappa shape index (κ3) is 9.33. The maximum absolute atomic E-state index is 12.7. The Morgan fingerprint density at radius 1 is 1.06 bits per heavy atom. The molecule has 0 fully saturated rings. The molecule has 8 heteroatoms. The number of methoxy groups -OCH3 is 1. The lowest BCUT2D eigenvalue weighted by molar-refractivity contribution is 0.151. The van der Waals surface area contributed by atoms with Gasteiger partial charge in [0.2, 0.25) is 0 Å². The highest BCUT2D eigenvalue weighted by Gasteiger charge is 2.09. The number of hydrogen-bond donors (Lipinski definition) is 3. The van der Waals surface area contributed by atoms with E-state index in [9.17, 15) is 18.0 Å². The number of amides is 2. The Bertz CT molecular complexity index is 1140. The van der Waals surface area contributed by atoms with E-state index in [4.69, 9.17) is 4.74 Å². The fraction of sp³-hybridized carbons (Fsp3) is 0.296. The Labute approximate surface area is 204 Å². The van der Waals surface area contributed by atoms with Crippen LogP contribution in [0.5, 0.6) is 0 Å². The first-order valence-electron chi connectivity index (χ1n) is 11.2. The smallest absolute Gasteiger partial charge is 0.323 e. The van der Waals surface area contributed by atoms with Gasteiger partial charge >= 0.3 is 6.03 Å². The molecule has 0 spiro atoms. The van der Waals surface area contributed by atoms with E-state index in [1.165, 1.54) is 24.3 Å². The van der Waals surface area contributed by atoms with Crippen LogP contribution in [-0.4, -0.2) is 25.3 Å². The number of H-pyrrole nitrogens is 1. The molecule has 35 heavy (non-hydrogen) atoms. The molecule has 1 heterocycles. The molecule has 2 amide bonds. The zero-order valence-corrected chi connectivity index (χ0v) is 20.8. The summed E-state index contributed by atoms with van der Waals surface area (Å²) in [5.41, 5.74) is 3.20. The Balaban J connectivity index is 0.00000145. The number of aromatic amines is 1. The minimum atomic E-state index is -2.54. The Morgan fingerprint density at radius 3 is 2.31 bits per heavy atom. The quantitative estimate of drug-likeness (QED) is 0.371. The number of anilines is 2. The molecule has 1 aromatic heterocycles. The summed E-state index contributed by atoms with van der Waals surface area (Å²) in [6, 6.07) is 13.2. The lowest BCUT2D eigenvalue weighted by atomic mass is 10.1. The van der Waals surface area contributed by atoms with E-state index in [2.05, 4.69) is 21.7 Å². The lowest BCUT2D eigenvalue weighted by Crippen LogP contribution is -2.28. The van der Waals surface area contributed by atoms with Gasteiger partial charge in [-0.15, -0.1) is 0 Å². The summed E-state index contributed by atoms with van der Waals surface area (Å²) in [7, 11) is 2.16. The number of carbonyl (C=O) groups is 1. The number of rotatable bonds is 7. The summed E-state index contributed by atoms with van der Waals surface area (Å²) in [5, 5.41) is 7.25. The maximum atomic E-state index is 12.7. The summed E-state index contributed by atoms with van der Waals surface area (Å²) >= 11 is 0. The molecule has 3 aromatic rings. The van der Waals surface area contributed by atoms with Crippen LogP contribution in [-0.2, 0) is 17.8 Å². The summed E-state index contributed by atoms with van der Waals surface area (Å²) in [4.78, 5) is 15.6. The fourth-order valence-corrected chi connectivity index (χ4v) is 3.24. The third-order valence-corrected chi connectivity index (χ3v) is 4.75. The molecule has 2 aromatic carbocycles. The summed E-state index contributed by atoms with van der Waals surface area (Å²) in [5.74, 6) is 0. The molecule has 0 aliphatic heterocycles. The molecule has 0 aliphatic rings. The van der Waals surface area contributed by atoms with Crippen LogP contribution < -0.4 is 21.2 Å². The number of hydrogen-bond acceptors (Lipinski definition) is 2. The number of halogens is 3. The molecule has 3 N–H and O–H groups in total. The average molecular weight is 490 g/mol. The van der Waals surface area contributed by atoms with Gasteiger partial charge in [-0.3, -0.25) is 4.39 Å². The average Bonchev–Trinajstić information content (AvgIpc) is 3.27. The van der Waals surface area contributed by atoms with Crippen LogP contribution in [0.3, 0.4) is 0 Å². The number of nitrogens with one attached hydrogen (secondary N) is 3. The van der Waals surface area contributed by atoms with Crippen molar-refractivity contribution in [1.82, 2.24) is 4.98 Å². The standard InChI is InChI=1S/C24H25F2N3O2.C2H6.CH3F/c1-3-21-20(12-7-16-5-4-6-17(13-16)15-31-2)22(14-27-21)29-24(30)28-19-10-8-18(9-11-19)23(25)26;2*1-2/h3-6,8-14,23,27H,7,15H2,1-2H3,(H2,28,29,30);1-2H3;1H3/b20-12+,21-3+;;. The molecule has 0 aliphatic carbocycles. The Hall–Kier alpha value is -3.52. The third-order valence-electron chi connectivity index (χ3n) is 4.75. The van der Waals surface area contributed by atoms with Gasteiger partial charge in [-0.25, -0.2) is 13.6 Å². The van der Waals surface area contributed by atoms with Crippen molar-refractivity contribution in [3.05, 3.63) is 82.0 Å². The van der Waals surface area contributed by atoms with Crippen molar-refractivity contribution < 1.29 is 22.7 Å². The lowest BCUT2D eigenvalue weighted by Gasteiger charge is -2.07. The number of urea groups is 1. The molecular formula is C27H34F3N3O2. The van der Waals surface area contributed by atoms with Gasteiger partial charge in [-0.2, -0.15) is 0 Å². The summed E-state index contributed by atoms with van der Waals surface area (Å²) < 4.78 is 40.0. The molecule has 0 radical (unpaired) electrons. The summed E-state index contributed by atoms with van der Waals surface area (Å²) in [6.07, 6.45) is 3.84. The number of benzene rings is 2. The molecule has 0 saturated heterocycles. The van der Waals surface area contributed by atoms with Crippen molar-refractivity contribution in [2.75, 3.05) is 24.9 Å². The Morgan fingerprint density at radius 2 is 1.71 bits per heavy atom. The second-order valence-corrected chi connectivity index (χ2v) is 6.98. The van der Waals surface area contributed by atoms with Crippen LogP contribution >= 0.6 is 0 Å². The monoisotopic (exact) mass is 489 g/mol. The highest BCUT2D eigenvalue weighted by molar-refractivity contribution is 5.99. The minimum absolute atomic E-state index is 0.0915. The van der Waals surface area contributed by atoms with Crippen molar-refractivity contribution in [2.45, 2.75) is 40.2 Å². The Kier molecular flexibility index (Phi) is 13.6. The second-order valence-electron chi connectivity index (χ2n) is 6.98. The van der Waals surface area contributed by atoms with E-state index < -0.39 is 12.5 Å². The highest BCUT2D eigenvalue weighted by Crippen LogP contribution is 2.20. The fourth-order valence-electron chi connectivity index (χ4n) is 3.24. The first-order chi connectivity index (χ1) is 17.0. The number of carbonyl (C=O) groups excluding carboxylic acids is 1. The zero-order chi connectivity index (χ0) is 26.2. The van der Waals surface area contributed by atoms with Gasteiger partial charge in [0.05, 0.1) is 19.5 Å². The largest absolute Gasteiger partial charge is 0.380 e. The molecule has 0 bridgehead atoms. The molecule has 3 rings (SSSR count). The van der Waals surface area contributed by atoms with Gasteiger partial charge in [0.25, 0.3) is 6.43 Å². The van der Waals surface area contributed by atoms with Gasteiger partial charge in [0.15, 0.2) is 0 Å². The van der Waals surface area contributed by atoms with E-state index in [0.29, 0.717) is 31.6 Å². The highest BCUT2D eigenvalue weighted by atomic mass is 19.3. The van der Waals surface area contributed by atoms with Crippen LogP contribution in [0.25, 0.3) is 12.2 Å². The van der Waals surface area contributed by atoms with E-state index in [1.54, 1.807) is 13.3 Å². The zero-order valence-electron chi connectivity index (χ0n) is 20.8. The molecular weight excluding hydrogens is 455 g/mol. The SMILES string of the molecule is C/C=c1/[nH]cc(NC(=O)Nc2ccc(C(F)F)cc2)/c1=C/Cc1cccc(COC)c1.CC.CF. The molecule has 0 atom stereocenters. The van der Waals surface area contributed by atoms with Gasteiger partial charge in [0.1, 0.15) is 0 Å². The number of aromatic nitrogens is 1. The van der Waals surface area contributed by atoms with Crippen LogP contribution in [0, 0.1) is 0 Å². The first-order valence-corrected chi connectivity index (χ1v) is 11.2. The van der Waals surface area contributed by atoms with Crippen LogP contribution in [0.2, 0.25) is 0 Å². The minimum Gasteiger partial charge on any atom is -0.380 e. The van der Waals surface area contributed by atoms with Gasteiger partial charge < -0.3 is 20.4 Å². The predicted octanol–water partition coefficient (Wildman–Crippen LogP) is 6.18. The van der Waals surface area contributed by atoms with E-state index in [1.807, 2.05) is 51.1 Å². The van der Waals surface area contributed by atoms with Gasteiger partial charge in [0, 0.05) is 35.1 Å². The van der Waals surface area contributed by atoms with Crippen LogP contribution in [0.15, 0.2) is 54.7 Å². The van der Waals surface area contributed by atoms with Gasteiger partial charge in [-0.1, -0.05) is 62.4 Å². The van der Waals surface area contributed by atoms with Crippen molar-refractivity contribution >= 4 is 29.6 Å². The first kappa shape index (κ1) is 29.5. The van der Waals surface area contributed by atoms with E-state index in [-0.39, 0.29) is 5.56 Å². The van der Waals surface area contributed by atoms with E-state index in [0.717, 1.165) is 21.7 Å². The van der Waals surface area contributed by atoms with E-state index >= 15 is 0 Å². The van der Waals surface area contributed by atoms with Crippen molar-refractivity contribution in [3.8, 4) is 0 Å². The van der Waals surface area contributed by atoms with Crippen LogP contribution in [0.1, 0.15) is 43.9 Å². The van der Waals surface area contributed by atoms with Crippen molar-refractivity contribution in [3.63, 3.8) is 0 Å². The normalized spacial score (nSPS) is 11.3. The molecule has 190 valence electrons. The number of alkyl halides is 3.